The molecule has 264 valence electrons. The number of benzene rings is 3. The number of fused-ring (bicyclic) bond motifs is 1. The molecule has 0 aliphatic carbocycles. The zero-order valence-electron chi connectivity index (χ0n) is 29.9. The second-order valence-electron chi connectivity index (χ2n) is 13.2. The minimum Gasteiger partial charge on any atom is -0.491 e. The first-order valence-electron chi connectivity index (χ1n) is 17.9. The van der Waals surface area contributed by atoms with Gasteiger partial charge >= 0.3 is 0 Å². The van der Waals surface area contributed by atoms with Gasteiger partial charge in [-0.25, -0.2) is 4.98 Å². The van der Waals surface area contributed by atoms with Gasteiger partial charge < -0.3 is 29.5 Å². The van der Waals surface area contributed by atoms with Crippen LogP contribution in [0, 0.1) is 5.92 Å². The largest absolute Gasteiger partial charge is 0.491 e. The predicted molar refractivity (Wildman–Crippen MR) is 202 cm³/mol. The number of carbonyl (C=O) groups is 1. The van der Waals surface area contributed by atoms with Crippen LogP contribution in [-0.2, 0) is 22.5 Å². The Morgan fingerprint density at radius 1 is 0.980 bits per heavy atom. The van der Waals surface area contributed by atoms with E-state index in [0.29, 0.717) is 49.2 Å². The van der Waals surface area contributed by atoms with Gasteiger partial charge in [-0.15, -0.1) is 0 Å². The number of hydrogen-bond donors (Lipinski definition) is 2. The smallest absolute Gasteiger partial charge is 0.251 e. The van der Waals surface area contributed by atoms with E-state index in [-0.39, 0.29) is 5.91 Å². The first-order chi connectivity index (χ1) is 24.4. The van der Waals surface area contributed by atoms with Crippen LogP contribution >= 0.6 is 0 Å². The molecule has 0 saturated heterocycles. The minimum atomic E-state index is -0.111. The van der Waals surface area contributed by atoms with Crippen molar-refractivity contribution < 1.29 is 19.5 Å². The highest BCUT2D eigenvalue weighted by molar-refractivity contribution is 6.07. The summed E-state index contributed by atoms with van der Waals surface area (Å²) in [5, 5.41) is 16.4. The van der Waals surface area contributed by atoms with Crippen LogP contribution in [0.5, 0.6) is 5.75 Å². The molecule has 0 radical (unpaired) electrons. The van der Waals surface area contributed by atoms with Crippen molar-refractivity contribution in [2.24, 2.45) is 11.1 Å². The Labute approximate surface area is 296 Å². The number of ether oxygens (including phenoxy) is 2. The van der Waals surface area contributed by atoms with E-state index in [4.69, 9.17) is 9.47 Å². The van der Waals surface area contributed by atoms with E-state index in [1.807, 2.05) is 53.2 Å². The summed E-state index contributed by atoms with van der Waals surface area (Å²) < 4.78 is 13.5. The Balaban J connectivity index is 1.28. The number of imidazole rings is 1. The molecule has 2 N–H and O–H groups in total. The number of aromatic nitrogens is 2. The fourth-order valence-corrected chi connectivity index (χ4v) is 6.15. The number of unbranched alkanes of at least 4 members (excludes halogenated alkanes) is 1. The van der Waals surface area contributed by atoms with Gasteiger partial charge in [-0.3, -0.25) is 4.79 Å². The molecule has 5 rings (SSSR count). The summed E-state index contributed by atoms with van der Waals surface area (Å²) >= 11 is 0. The van der Waals surface area contributed by atoms with Crippen LogP contribution in [0.2, 0.25) is 0 Å². The molecule has 0 saturated carbocycles. The number of anilines is 2. The highest BCUT2D eigenvalue weighted by atomic mass is 16.5. The van der Waals surface area contributed by atoms with E-state index < -0.39 is 0 Å². The summed E-state index contributed by atoms with van der Waals surface area (Å²) in [5.74, 6) is 1.84. The molecule has 4 aromatic rings. The molecule has 9 heteroatoms. The average molecular weight is 678 g/mol. The maximum atomic E-state index is 13.7. The van der Waals surface area contributed by atoms with Crippen molar-refractivity contribution in [2.45, 2.75) is 66.3 Å². The number of rotatable bonds is 17. The molecule has 3 aromatic carbocycles. The van der Waals surface area contributed by atoms with Crippen LogP contribution < -0.4 is 15.0 Å². The SMILES string of the molecule is CCCCOCCOc1ccc(-c2ccc3c(c2)C=C(C(=O)Nc2ccc(C/C(=N/O)c4nccn4CCC)cc2)CCN3CC(C)C)cc1. The Morgan fingerprint density at radius 3 is 2.48 bits per heavy atom. The van der Waals surface area contributed by atoms with Crippen LogP contribution in [0.3, 0.4) is 0 Å². The van der Waals surface area contributed by atoms with E-state index in [0.717, 1.165) is 84.8 Å². The molecule has 1 amide bonds. The second-order valence-corrected chi connectivity index (χ2v) is 13.2. The minimum absolute atomic E-state index is 0.111. The van der Waals surface area contributed by atoms with Crippen molar-refractivity contribution in [1.82, 2.24) is 9.55 Å². The number of oxime groups is 1. The van der Waals surface area contributed by atoms with E-state index in [1.54, 1.807) is 6.20 Å². The number of carbonyl (C=O) groups excluding carboxylic acids is 1. The van der Waals surface area contributed by atoms with Gasteiger partial charge in [0, 0.05) is 62.0 Å². The monoisotopic (exact) mass is 677 g/mol. The van der Waals surface area contributed by atoms with E-state index in [9.17, 15) is 10.0 Å². The van der Waals surface area contributed by atoms with Crippen molar-refractivity contribution in [2.75, 3.05) is 43.1 Å². The fraction of sp³-hybridized carbons (Fsp3) is 0.390. The van der Waals surface area contributed by atoms with Crippen molar-refractivity contribution in [3.8, 4) is 16.9 Å². The lowest BCUT2D eigenvalue weighted by molar-refractivity contribution is -0.112. The number of aryl methyl sites for hydroxylation is 1. The molecule has 0 fully saturated rings. The van der Waals surface area contributed by atoms with Gasteiger partial charge in [-0.1, -0.05) is 69.6 Å². The molecule has 0 bridgehead atoms. The first-order valence-corrected chi connectivity index (χ1v) is 17.9. The van der Waals surface area contributed by atoms with E-state index in [2.05, 4.69) is 78.4 Å². The topological polar surface area (TPSA) is 101 Å². The zero-order valence-corrected chi connectivity index (χ0v) is 29.9. The van der Waals surface area contributed by atoms with Crippen LogP contribution in [0.25, 0.3) is 17.2 Å². The molecular formula is C41H51N5O4. The summed E-state index contributed by atoms with van der Waals surface area (Å²) in [4.78, 5) is 20.5. The summed E-state index contributed by atoms with van der Waals surface area (Å²) in [6.07, 6.45) is 9.86. The molecule has 0 atom stereocenters. The summed E-state index contributed by atoms with van der Waals surface area (Å²) in [6, 6.07) is 22.3. The van der Waals surface area contributed by atoms with Crippen LogP contribution in [-0.4, -0.2) is 59.3 Å². The Hall–Kier alpha value is -4.89. The normalized spacial score (nSPS) is 13.2. The summed E-state index contributed by atoms with van der Waals surface area (Å²) in [7, 11) is 0. The zero-order chi connectivity index (χ0) is 35.3. The molecule has 9 nitrogen and oxygen atoms in total. The van der Waals surface area contributed by atoms with Crippen LogP contribution in [0.15, 0.2) is 89.9 Å². The average Bonchev–Trinajstić information content (AvgIpc) is 3.50. The number of nitrogens with one attached hydrogen (secondary N) is 1. The van der Waals surface area contributed by atoms with E-state index in [1.165, 1.54) is 0 Å². The maximum Gasteiger partial charge on any atom is 0.251 e. The van der Waals surface area contributed by atoms with Crippen molar-refractivity contribution in [1.29, 1.82) is 0 Å². The second kappa shape index (κ2) is 18.2. The molecule has 1 aliphatic heterocycles. The van der Waals surface area contributed by atoms with Gasteiger partial charge in [0.1, 0.15) is 18.1 Å². The summed E-state index contributed by atoms with van der Waals surface area (Å²) in [5.41, 5.74) is 7.24. The fourth-order valence-electron chi connectivity index (χ4n) is 6.15. The van der Waals surface area contributed by atoms with E-state index >= 15 is 0 Å². The molecule has 2 heterocycles. The van der Waals surface area contributed by atoms with Crippen molar-refractivity contribution >= 4 is 29.1 Å². The third kappa shape index (κ3) is 9.85. The van der Waals surface area contributed by atoms with Crippen LogP contribution in [0.1, 0.15) is 70.3 Å². The highest BCUT2D eigenvalue weighted by Gasteiger charge is 2.21. The van der Waals surface area contributed by atoms with Gasteiger partial charge in [0.2, 0.25) is 0 Å². The van der Waals surface area contributed by atoms with Crippen molar-refractivity contribution in [3.05, 3.63) is 102 Å². The Morgan fingerprint density at radius 2 is 1.76 bits per heavy atom. The molecule has 50 heavy (non-hydrogen) atoms. The van der Waals surface area contributed by atoms with Gasteiger partial charge in [-0.05, 0) is 89.9 Å². The summed E-state index contributed by atoms with van der Waals surface area (Å²) in [6.45, 7) is 13.0. The Bertz CT molecular complexity index is 1740. The molecule has 0 spiro atoms. The molecule has 0 unspecified atom stereocenters. The first kappa shape index (κ1) is 36.4. The van der Waals surface area contributed by atoms with Crippen LogP contribution in [0.4, 0.5) is 11.4 Å². The third-order valence-corrected chi connectivity index (χ3v) is 8.69. The lowest BCUT2D eigenvalue weighted by atomic mass is 10.00. The van der Waals surface area contributed by atoms with Gasteiger partial charge in [0.15, 0.2) is 5.82 Å². The standard InChI is InChI=1S/C41H51N5O4/c1-5-7-23-49-24-25-50-37-15-10-32(11-16-37)33-12-17-39-35(27-33)28-34(18-21-46(39)29-30(3)4)41(47)43-36-13-8-31(9-14-36)26-38(44-48)40-42-19-22-45(40)20-6-2/h8-17,19,22,27-28,30,48H,5-7,18,20-21,23-26,29H2,1-4H3,(H,43,47)/b44-38-. The predicted octanol–water partition coefficient (Wildman–Crippen LogP) is 8.46. The lowest BCUT2D eigenvalue weighted by Crippen LogP contribution is -2.29. The van der Waals surface area contributed by atoms with Gasteiger partial charge in [-0.2, -0.15) is 0 Å². The van der Waals surface area contributed by atoms with Gasteiger partial charge in [0.25, 0.3) is 5.91 Å². The Kier molecular flexibility index (Phi) is 13.2. The number of nitrogens with zero attached hydrogens (tertiary/aromatic N) is 4. The molecular weight excluding hydrogens is 626 g/mol. The molecule has 1 aromatic heterocycles. The number of hydrogen-bond acceptors (Lipinski definition) is 7. The van der Waals surface area contributed by atoms with Gasteiger partial charge in [0.05, 0.1) is 6.61 Å². The quantitative estimate of drug-likeness (QED) is 0.0503. The third-order valence-electron chi connectivity index (χ3n) is 8.69. The highest BCUT2D eigenvalue weighted by Crippen LogP contribution is 2.34. The van der Waals surface area contributed by atoms with Crippen molar-refractivity contribution in [3.63, 3.8) is 0 Å². The molecule has 1 aliphatic rings. The number of amides is 1. The lowest BCUT2D eigenvalue weighted by Gasteiger charge is -2.27. The maximum absolute atomic E-state index is 13.7.